The van der Waals surface area contributed by atoms with Gasteiger partial charge in [-0.3, -0.25) is 4.79 Å². The smallest absolute Gasteiger partial charge is 0.254 e. The number of carbonyl (C=O) groups is 1. The highest BCUT2D eigenvalue weighted by Crippen LogP contribution is 2.20. The van der Waals surface area contributed by atoms with Crippen molar-refractivity contribution < 1.29 is 9.18 Å². The number of hydrogen-bond acceptors (Lipinski definition) is 2. The normalized spacial score (nSPS) is 19.3. The Labute approximate surface area is 107 Å². The number of likely N-dealkylation sites (tertiary alicyclic amines) is 1. The highest BCUT2D eigenvalue weighted by atomic mass is 19.1. The molecule has 3 nitrogen and oxygen atoms in total. The molecule has 4 heteroatoms. The standard InChI is InChI=1S/C14H19FN2O/c1-10-8-11(5-6-13(10)15)14(18)17-7-3-4-12(17)9-16-2/h5-6,8,12,16H,3-4,7,9H2,1-2H3. The molecule has 1 aliphatic rings. The number of carbonyl (C=O) groups excluding carboxylic acids is 1. The third-order valence-electron chi connectivity index (χ3n) is 3.48. The zero-order chi connectivity index (χ0) is 13.1. The van der Waals surface area contributed by atoms with E-state index >= 15 is 0 Å². The summed E-state index contributed by atoms with van der Waals surface area (Å²) in [4.78, 5) is 14.3. The molecule has 0 radical (unpaired) electrons. The number of aryl methyl sites for hydroxylation is 1. The van der Waals surface area contributed by atoms with Crippen molar-refractivity contribution in [3.8, 4) is 0 Å². The number of benzene rings is 1. The average molecular weight is 250 g/mol. The fourth-order valence-electron chi connectivity index (χ4n) is 2.49. The summed E-state index contributed by atoms with van der Waals surface area (Å²) in [6, 6.07) is 4.82. The van der Waals surface area contributed by atoms with Crippen LogP contribution < -0.4 is 5.32 Å². The Morgan fingerprint density at radius 1 is 1.56 bits per heavy atom. The van der Waals surface area contributed by atoms with E-state index in [1.165, 1.54) is 6.07 Å². The maximum Gasteiger partial charge on any atom is 0.254 e. The predicted octanol–water partition coefficient (Wildman–Crippen LogP) is 1.96. The summed E-state index contributed by atoms with van der Waals surface area (Å²) in [5.41, 5.74) is 1.10. The number of amides is 1. The molecule has 1 N–H and O–H groups in total. The van der Waals surface area contributed by atoms with Gasteiger partial charge in [0.05, 0.1) is 0 Å². The summed E-state index contributed by atoms with van der Waals surface area (Å²) in [5.74, 6) is -0.254. The first kappa shape index (κ1) is 13.0. The number of nitrogens with one attached hydrogen (secondary N) is 1. The molecule has 0 bridgehead atoms. The fraction of sp³-hybridized carbons (Fsp3) is 0.500. The largest absolute Gasteiger partial charge is 0.334 e. The number of hydrogen-bond donors (Lipinski definition) is 1. The van der Waals surface area contributed by atoms with E-state index in [0.717, 1.165) is 25.9 Å². The van der Waals surface area contributed by atoms with Crippen molar-refractivity contribution in [1.82, 2.24) is 10.2 Å². The highest BCUT2D eigenvalue weighted by molar-refractivity contribution is 5.94. The monoisotopic (exact) mass is 250 g/mol. The Hall–Kier alpha value is -1.42. The molecule has 0 aliphatic carbocycles. The summed E-state index contributed by atoms with van der Waals surface area (Å²) >= 11 is 0. The van der Waals surface area contributed by atoms with E-state index in [-0.39, 0.29) is 17.8 Å². The first-order valence-corrected chi connectivity index (χ1v) is 6.35. The summed E-state index contributed by atoms with van der Waals surface area (Å²) in [6.07, 6.45) is 2.07. The van der Waals surface area contributed by atoms with Crippen LogP contribution in [0.3, 0.4) is 0 Å². The third kappa shape index (κ3) is 2.53. The summed E-state index contributed by atoms with van der Waals surface area (Å²) in [6.45, 7) is 3.29. The predicted molar refractivity (Wildman–Crippen MR) is 69.1 cm³/mol. The lowest BCUT2D eigenvalue weighted by Gasteiger charge is -2.24. The van der Waals surface area contributed by atoms with Gasteiger partial charge in [-0.25, -0.2) is 4.39 Å². The zero-order valence-corrected chi connectivity index (χ0v) is 10.9. The van der Waals surface area contributed by atoms with E-state index in [4.69, 9.17) is 0 Å². The van der Waals surface area contributed by atoms with Gasteiger partial charge in [0, 0.05) is 24.7 Å². The minimum absolute atomic E-state index is 0.0100. The van der Waals surface area contributed by atoms with Crippen LogP contribution >= 0.6 is 0 Å². The number of likely N-dealkylation sites (N-methyl/N-ethyl adjacent to an activating group) is 1. The molecular formula is C14H19FN2O. The molecule has 1 heterocycles. The molecule has 1 saturated heterocycles. The second kappa shape index (κ2) is 5.48. The van der Waals surface area contributed by atoms with Crippen LogP contribution in [-0.4, -0.2) is 37.0 Å². The van der Waals surface area contributed by atoms with Crippen LogP contribution in [0.15, 0.2) is 18.2 Å². The maximum absolute atomic E-state index is 13.2. The quantitative estimate of drug-likeness (QED) is 0.889. The average Bonchev–Trinajstić information content (AvgIpc) is 2.80. The van der Waals surface area contributed by atoms with Crippen LogP contribution in [0, 0.1) is 12.7 Å². The van der Waals surface area contributed by atoms with E-state index in [1.807, 2.05) is 11.9 Å². The summed E-state index contributed by atoms with van der Waals surface area (Å²) in [7, 11) is 1.89. The molecule has 0 spiro atoms. The molecule has 1 aromatic carbocycles. The van der Waals surface area contributed by atoms with Crippen molar-refractivity contribution in [1.29, 1.82) is 0 Å². The Bertz CT molecular complexity index is 447. The molecular weight excluding hydrogens is 231 g/mol. The van der Waals surface area contributed by atoms with Crippen LogP contribution in [0.4, 0.5) is 4.39 Å². The van der Waals surface area contributed by atoms with E-state index in [2.05, 4.69) is 5.32 Å². The fourth-order valence-corrected chi connectivity index (χ4v) is 2.49. The lowest BCUT2D eigenvalue weighted by Crippen LogP contribution is -2.40. The van der Waals surface area contributed by atoms with Crippen LogP contribution in [0.2, 0.25) is 0 Å². The van der Waals surface area contributed by atoms with Gasteiger partial charge in [0.1, 0.15) is 5.82 Å². The number of nitrogens with zero attached hydrogens (tertiary/aromatic N) is 1. The van der Waals surface area contributed by atoms with Gasteiger partial charge in [-0.1, -0.05) is 0 Å². The van der Waals surface area contributed by atoms with Gasteiger partial charge in [-0.05, 0) is 50.6 Å². The molecule has 18 heavy (non-hydrogen) atoms. The van der Waals surface area contributed by atoms with Gasteiger partial charge < -0.3 is 10.2 Å². The van der Waals surface area contributed by atoms with Gasteiger partial charge in [0.15, 0.2) is 0 Å². The Kier molecular flexibility index (Phi) is 3.97. The topological polar surface area (TPSA) is 32.3 Å². The van der Waals surface area contributed by atoms with E-state index in [0.29, 0.717) is 11.1 Å². The SMILES string of the molecule is CNCC1CCCN1C(=O)c1ccc(F)c(C)c1. The molecule has 0 aromatic heterocycles. The maximum atomic E-state index is 13.2. The molecule has 1 unspecified atom stereocenters. The molecule has 98 valence electrons. The molecule has 0 saturated carbocycles. The van der Waals surface area contributed by atoms with E-state index < -0.39 is 0 Å². The van der Waals surface area contributed by atoms with E-state index in [1.54, 1.807) is 19.1 Å². The zero-order valence-electron chi connectivity index (χ0n) is 10.9. The van der Waals surface area contributed by atoms with Gasteiger partial charge in [0.2, 0.25) is 0 Å². The lowest BCUT2D eigenvalue weighted by atomic mass is 10.1. The van der Waals surface area contributed by atoms with Crippen LogP contribution in [0.5, 0.6) is 0 Å². The Morgan fingerprint density at radius 2 is 2.33 bits per heavy atom. The minimum atomic E-state index is -0.264. The molecule has 1 aliphatic heterocycles. The second-order valence-corrected chi connectivity index (χ2v) is 4.82. The third-order valence-corrected chi connectivity index (χ3v) is 3.48. The first-order valence-electron chi connectivity index (χ1n) is 6.35. The van der Waals surface area contributed by atoms with E-state index in [9.17, 15) is 9.18 Å². The van der Waals surface area contributed by atoms with Crippen molar-refractivity contribution in [3.05, 3.63) is 35.1 Å². The summed E-state index contributed by atoms with van der Waals surface area (Å²) < 4.78 is 13.2. The van der Waals surface area contributed by atoms with Crippen molar-refractivity contribution in [3.63, 3.8) is 0 Å². The Morgan fingerprint density at radius 3 is 3.00 bits per heavy atom. The first-order chi connectivity index (χ1) is 8.63. The number of rotatable bonds is 3. The highest BCUT2D eigenvalue weighted by Gasteiger charge is 2.28. The van der Waals surface area contributed by atoms with Crippen molar-refractivity contribution in [2.45, 2.75) is 25.8 Å². The molecule has 2 rings (SSSR count). The van der Waals surface area contributed by atoms with Gasteiger partial charge >= 0.3 is 0 Å². The van der Waals surface area contributed by atoms with Crippen molar-refractivity contribution >= 4 is 5.91 Å². The number of halogens is 1. The van der Waals surface area contributed by atoms with Crippen LogP contribution in [0.1, 0.15) is 28.8 Å². The van der Waals surface area contributed by atoms with Gasteiger partial charge in [-0.2, -0.15) is 0 Å². The molecule has 1 fully saturated rings. The molecule has 1 aromatic rings. The summed E-state index contributed by atoms with van der Waals surface area (Å²) in [5, 5.41) is 3.11. The molecule has 1 atom stereocenters. The molecule has 1 amide bonds. The lowest BCUT2D eigenvalue weighted by molar-refractivity contribution is 0.0737. The Balaban J connectivity index is 2.17. The van der Waals surface area contributed by atoms with Gasteiger partial charge in [-0.15, -0.1) is 0 Å². The second-order valence-electron chi connectivity index (χ2n) is 4.82. The van der Waals surface area contributed by atoms with Crippen molar-refractivity contribution in [2.24, 2.45) is 0 Å². The van der Waals surface area contributed by atoms with Gasteiger partial charge in [0.25, 0.3) is 5.91 Å². The van der Waals surface area contributed by atoms with Crippen molar-refractivity contribution in [2.75, 3.05) is 20.1 Å². The van der Waals surface area contributed by atoms with Crippen LogP contribution in [-0.2, 0) is 0 Å². The minimum Gasteiger partial charge on any atom is -0.334 e. The van der Waals surface area contributed by atoms with Crippen LogP contribution in [0.25, 0.3) is 0 Å².